The summed E-state index contributed by atoms with van der Waals surface area (Å²) in [6.45, 7) is 8.84. The number of hydrogen-bond acceptors (Lipinski definition) is 12. The van der Waals surface area contributed by atoms with E-state index in [9.17, 15) is 34.8 Å². The molecule has 1 N–H and O–H groups in total. The number of aryl methyl sites for hydroxylation is 3. The Balaban J connectivity index is 0.000000222. The number of anilines is 3. The van der Waals surface area contributed by atoms with E-state index >= 15 is 0 Å². The van der Waals surface area contributed by atoms with Crippen molar-refractivity contribution in [3.63, 3.8) is 0 Å². The highest BCUT2D eigenvalue weighted by Crippen LogP contribution is 2.26. The Morgan fingerprint density at radius 1 is 0.733 bits per heavy atom. The molecule has 0 spiro atoms. The standard InChI is InChI=1S/C23H27F3N4O4S.C10H13BrN2O2S.C6H5Br2N/c1-16-12-19(29-8-10-35(32,33)11-9-29)14-21(27-16)28-18-6-7-30(15-18)22(31)13-17-2-4-20(5-3-17)34-23(24,25)26;1-8-6-9(7-10(11)12-8)13-2-4-16(14,15)5-3-13;1-4-2-5(7)3-6(8)9-4/h2-5,12,14,18H,6-11,13,15H2,1H3,(H,27,28);6-7H,2-5H2,1H3;2-3H,1H3/t18-;;/m0../s1. The molecule has 0 radical (unpaired) electrons. The topological polar surface area (TPSA) is 155 Å². The lowest BCUT2D eigenvalue weighted by Gasteiger charge is -2.29. The number of pyridine rings is 3. The second-order valence-corrected chi connectivity index (χ2v) is 21.7. The van der Waals surface area contributed by atoms with Crippen molar-refractivity contribution in [3.8, 4) is 5.75 Å². The van der Waals surface area contributed by atoms with Crippen molar-refractivity contribution in [3.05, 3.63) is 97.0 Å². The lowest BCUT2D eigenvalue weighted by atomic mass is 10.1. The summed E-state index contributed by atoms with van der Waals surface area (Å²) in [5, 5.41) is 3.38. The zero-order valence-electron chi connectivity index (χ0n) is 33.1. The SMILES string of the molecule is Cc1cc(Br)cc(Br)n1.Cc1cc(N2CCS(=O)(=O)CC2)cc(Br)n1.Cc1cc(N2CCS(=O)(=O)CC2)cc(N[C@H]2CCN(C(=O)Cc3ccc(OC(F)(F)F)cc3)C2)n1. The van der Waals surface area contributed by atoms with Crippen LogP contribution < -0.4 is 19.9 Å². The summed E-state index contributed by atoms with van der Waals surface area (Å²) in [6.07, 6.45) is -3.93. The first-order valence-electron chi connectivity index (χ1n) is 18.8. The molecule has 4 aromatic rings. The number of hydrogen-bond donors (Lipinski definition) is 1. The number of halogens is 6. The summed E-state index contributed by atoms with van der Waals surface area (Å²) < 4.78 is 89.5. The molecule has 0 saturated carbocycles. The maximum absolute atomic E-state index is 12.7. The number of rotatable bonds is 7. The highest BCUT2D eigenvalue weighted by molar-refractivity contribution is 9.11. The molecule has 1 aromatic carbocycles. The van der Waals surface area contributed by atoms with Gasteiger partial charge in [0.05, 0.1) is 29.4 Å². The molecule has 60 heavy (non-hydrogen) atoms. The number of nitrogens with zero attached hydrogens (tertiary/aromatic N) is 6. The van der Waals surface area contributed by atoms with E-state index < -0.39 is 26.0 Å². The minimum absolute atomic E-state index is 0.00500. The molecule has 21 heteroatoms. The van der Waals surface area contributed by atoms with E-state index in [1.54, 1.807) is 4.90 Å². The van der Waals surface area contributed by atoms with Crippen LogP contribution in [0, 0.1) is 20.8 Å². The fourth-order valence-electron chi connectivity index (χ4n) is 6.64. The van der Waals surface area contributed by atoms with Crippen molar-refractivity contribution in [1.82, 2.24) is 19.9 Å². The van der Waals surface area contributed by atoms with Crippen LogP contribution >= 0.6 is 47.8 Å². The van der Waals surface area contributed by atoms with Gasteiger partial charge in [-0.15, -0.1) is 13.2 Å². The summed E-state index contributed by atoms with van der Waals surface area (Å²) in [5.41, 5.74) is 5.30. The first-order valence-corrected chi connectivity index (χ1v) is 24.8. The van der Waals surface area contributed by atoms with Gasteiger partial charge in [-0.3, -0.25) is 4.79 Å². The molecule has 3 aliphatic heterocycles. The Morgan fingerprint density at radius 2 is 1.23 bits per heavy atom. The van der Waals surface area contributed by atoms with Crippen LogP contribution in [0.25, 0.3) is 0 Å². The molecule has 0 bridgehead atoms. The van der Waals surface area contributed by atoms with Gasteiger partial charge in [0.25, 0.3) is 0 Å². The van der Waals surface area contributed by atoms with Crippen LogP contribution in [0.15, 0.2) is 74.3 Å². The fourth-order valence-corrected chi connectivity index (χ4v) is 10.9. The van der Waals surface area contributed by atoms with Crippen LogP contribution in [-0.2, 0) is 30.9 Å². The van der Waals surface area contributed by atoms with Gasteiger partial charge in [0, 0.05) is 84.3 Å². The molecule has 13 nitrogen and oxygen atoms in total. The number of aromatic nitrogens is 3. The third kappa shape index (κ3) is 15.4. The average Bonchev–Trinajstić information content (AvgIpc) is 3.60. The summed E-state index contributed by atoms with van der Waals surface area (Å²) in [4.78, 5) is 31.4. The van der Waals surface area contributed by atoms with Crippen LogP contribution in [0.3, 0.4) is 0 Å². The van der Waals surface area contributed by atoms with Crippen molar-refractivity contribution in [2.45, 2.75) is 46.0 Å². The molecule has 6 heterocycles. The molecule has 0 unspecified atom stereocenters. The van der Waals surface area contributed by atoms with Gasteiger partial charge in [-0.1, -0.05) is 28.1 Å². The van der Waals surface area contributed by atoms with E-state index in [0.717, 1.165) is 48.6 Å². The van der Waals surface area contributed by atoms with Crippen LogP contribution in [0.1, 0.15) is 29.1 Å². The summed E-state index contributed by atoms with van der Waals surface area (Å²) >= 11 is 9.96. The van der Waals surface area contributed by atoms with Gasteiger partial charge in [-0.2, -0.15) is 0 Å². The summed E-state index contributed by atoms with van der Waals surface area (Å²) in [6, 6.07) is 16.9. The Morgan fingerprint density at radius 3 is 1.73 bits per heavy atom. The van der Waals surface area contributed by atoms with Gasteiger partial charge in [0.15, 0.2) is 19.7 Å². The number of benzene rings is 1. The zero-order valence-corrected chi connectivity index (χ0v) is 39.4. The number of sulfone groups is 2. The zero-order chi connectivity index (χ0) is 43.8. The molecule has 7 rings (SSSR count). The molecular weight excluding hydrogens is 1020 g/mol. The van der Waals surface area contributed by atoms with Crippen LogP contribution in [-0.4, -0.2) is 117 Å². The highest BCUT2D eigenvalue weighted by atomic mass is 79.9. The summed E-state index contributed by atoms with van der Waals surface area (Å²) in [5.74, 6) is 0.997. The van der Waals surface area contributed by atoms with Crippen molar-refractivity contribution in [1.29, 1.82) is 0 Å². The van der Waals surface area contributed by atoms with Gasteiger partial charge in [-0.05, 0) is 107 Å². The summed E-state index contributed by atoms with van der Waals surface area (Å²) in [7, 11) is -5.78. The monoisotopic (exact) mass is 1070 g/mol. The average molecular weight is 1070 g/mol. The molecule has 1 atom stereocenters. The number of nitrogens with one attached hydrogen (secondary N) is 1. The Kier molecular flexibility index (Phi) is 16.3. The quantitative estimate of drug-likeness (QED) is 0.188. The molecule has 3 saturated heterocycles. The number of alkyl halides is 3. The van der Waals surface area contributed by atoms with Gasteiger partial charge < -0.3 is 24.8 Å². The number of amides is 1. The predicted octanol–water partition coefficient (Wildman–Crippen LogP) is 7.08. The third-order valence-corrected chi connectivity index (χ3v) is 14.0. The first kappa shape index (κ1) is 47.5. The molecule has 3 aromatic heterocycles. The number of carbonyl (C=O) groups is 1. The van der Waals surface area contributed by atoms with Gasteiger partial charge >= 0.3 is 6.36 Å². The molecule has 0 aliphatic carbocycles. The number of ether oxygens (including phenoxy) is 1. The lowest BCUT2D eigenvalue weighted by Crippen LogP contribution is -2.40. The molecule has 1 amide bonds. The second kappa shape index (κ2) is 20.6. The van der Waals surface area contributed by atoms with Crippen LogP contribution in [0.5, 0.6) is 5.75 Å². The Hall–Kier alpha value is -3.53. The van der Waals surface area contributed by atoms with Gasteiger partial charge in [0.1, 0.15) is 20.8 Å². The third-order valence-electron chi connectivity index (χ3n) is 9.56. The van der Waals surface area contributed by atoms with Crippen LogP contribution in [0.2, 0.25) is 0 Å². The van der Waals surface area contributed by atoms with Crippen molar-refractivity contribution in [2.24, 2.45) is 0 Å². The Bertz CT molecular complexity index is 2260. The lowest BCUT2D eigenvalue weighted by molar-refractivity contribution is -0.274. The normalized spacial score (nSPS) is 18.4. The Labute approximate surface area is 373 Å². The second-order valence-electron chi connectivity index (χ2n) is 14.5. The van der Waals surface area contributed by atoms with E-state index in [0.29, 0.717) is 50.6 Å². The van der Waals surface area contributed by atoms with Gasteiger partial charge in [0.2, 0.25) is 5.91 Å². The first-order chi connectivity index (χ1) is 28.1. The number of likely N-dealkylation sites (tertiary alicyclic amines) is 1. The predicted molar refractivity (Wildman–Crippen MR) is 237 cm³/mol. The maximum atomic E-state index is 12.7. The van der Waals surface area contributed by atoms with E-state index in [2.05, 4.69) is 77.7 Å². The number of carbonyl (C=O) groups excluding carboxylic acids is 1. The largest absolute Gasteiger partial charge is 0.573 e. The van der Waals surface area contributed by atoms with Gasteiger partial charge in [-0.25, -0.2) is 31.8 Å². The van der Waals surface area contributed by atoms with Crippen molar-refractivity contribution in [2.75, 3.05) is 77.4 Å². The minimum atomic E-state index is -4.75. The highest BCUT2D eigenvalue weighted by Gasteiger charge is 2.31. The fraction of sp³-hybridized carbons (Fsp3) is 0.436. The molecule has 3 fully saturated rings. The van der Waals surface area contributed by atoms with E-state index in [1.807, 2.05) is 62.1 Å². The van der Waals surface area contributed by atoms with Crippen molar-refractivity contribution >= 4 is 90.6 Å². The van der Waals surface area contributed by atoms with E-state index in [1.165, 1.54) is 24.3 Å². The van der Waals surface area contributed by atoms with E-state index in [-0.39, 0.29) is 47.1 Å². The smallest absolute Gasteiger partial charge is 0.406 e. The molecule has 3 aliphatic rings. The molecular formula is C39H45Br3F3N7O6S2. The minimum Gasteiger partial charge on any atom is -0.406 e. The van der Waals surface area contributed by atoms with Crippen molar-refractivity contribution < 1.29 is 39.5 Å². The molecule has 326 valence electrons. The van der Waals surface area contributed by atoms with E-state index in [4.69, 9.17) is 0 Å². The van der Waals surface area contributed by atoms with Crippen LogP contribution in [0.4, 0.5) is 30.4 Å². The maximum Gasteiger partial charge on any atom is 0.573 e.